The Hall–Kier alpha value is -2.61. The van der Waals surface area contributed by atoms with E-state index in [1.165, 1.54) is 11.9 Å². The van der Waals surface area contributed by atoms with Gasteiger partial charge >= 0.3 is 12.1 Å². The molecular formula is C20H28N2O6. The zero-order valence-electron chi connectivity index (χ0n) is 16.4. The van der Waals surface area contributed by atoms with Crippen molar-refractivity contribution in [1.29, 1.82) is 0 Å². The third kappa shape index (κ3) is 5.45. The van der Waals surface area contributed by atoms with Crippen LogP contribution < -0.4 is 0 Å². The number of nitrogens with zero attached hydrogens (tertiary/aromatic N) is 2. The van der Waals surface area contributed by atoms with Crippen LogP contribution in [0.5, 0.6) is 0 Å². The van der Waals surface area contributed by atoms with E-state index in [0.717, 1.165) is 10.5 Å². The monoisotopic (exact) mass is 392 g/mol. The van der Waals surface area contributed by atoms with Crippen molar-refractivity contribution in [2.75, 3.05) is 13.6 Å². The van der Waals surface area contributed by atoms with Crippen molar-refractivity contribution < 1.29 is 29.3 Å². The number of aliphatic carboxylic acids is 1. The van der Waals surface area contributed by atoms with Crippen LogP contribution >= 0.6 is 0 Å². The van der Waals surface area contributed by atoms with Crippen molar-refractivity contribution in [1.82, 2.24) is 9.80 Å². The molecule has 0 unspecified atom stereocenters. The van der Waals surface area contributed by atoms with Gasteiger partial charge in [-0.25, -0.2) is 9.59 Å². The van der Waals surface area contributed by atoms with E-state index in [4.69, 9.17) is 4.74 Å². The Kier molecular flexibility index (Phi) is 7.39. The lowest BCUT2D eigenvalue weighted by atomic mass is 10.0. The van der Waals surface area contributed by atoms with E-state index in [1.807, 2.05) is 44.2 Å². The molecule has 0 bridgehead atoms. The van der Waals surface area contributed by atoms with Crippen molar-refractivity contribution in [2.45, 2.75) is 51.5 Å². The topological polar surface area (TPSA) is 107 Å². The van der Waals surface area contributed by atoms with E-state index in [1.54, 1.807) is 0 Å². The fraction of sp³-hybridized carbons (Fsp3) is 0.550. The molecule has 8 heteroatoms. The predicted octanol–water partition coefficient (Wildman–Crippen LogP) is 1.72. The molecule has 0 aliphatic carbocycles. The summed E-state index contributed by atoms with van der Waals surface area (Å²) < 4.78 is 5.28. The first kappa shape index (κ1) is 21.7. The molecule has 1 fully saturated rings. The Labute approximate surface area is 164 Å². The standard InChI is InChI=1S/C20H28N2O6/c1-13(2)9-17(19(25)26)21(3)18(24)16-10-15(23)11-22(16)20(27)28-12-14-7-5-4-6-8-14/h4-8,13,15-17,23H,9-12H2,1-3H3,(H,25,26)/t15-,16+,17-/m1/s1. The maximum Gasteiger partial charge on any atom is 0.410 e. The number of amides is 2. The molecule has 0 spiro atoms. The second-order valence-corrected chi connectivity index (χ2v) is 7.53. The van der Waals surface area contributed by atoms with Crippen LogP contribution in [0.4, 0.5) is 4.79 Å². The van der Waals surface area contributed by atoms with Crippen LogP contribution in [-0.2, 0) is 20.9 Å². The van der Waals surface area contributed by atoms with Crippen molar-refractivity contribution in [3.8, 4) is 0 Å². The van der Waals surface area contributed by atoms with Gasteiger partial charge in [-0.05, 0) is 17.9 Å². The van der Waals surface area contributed by atoms with Gasteiger partial charge in [0.05, 0.1) is 12.6 Å². The number of carboxylic acids is 1. The highest BCUT2D eigenvalue weighted by molar-refractivity contribution is 5.89. The first-order chi connectivity index (χ1) is 13.2. The number of carbonyl (C=O) groups is 3. The average molecular weight is 392 g/mol. The summed E-state index contributed by atoms with van der Waals surface area (Å²) in [6.07, 6.45) is -1.22. The summed E-state index contributed by atoms with van der Waals surface area (Å²) in [4.78, 5) is 39.3. The van der Waals surface area contributed by atoms with Gasteiger partial charge in [0.2, 0.25) is 5.91 Å². The number of carboxylic acid groups (broad SMARTS) is 1. The van der Waals surface area contributed by atoms with Crippen molar-refractivity contribution in [3.05, 3.63) is 35.9 Å². The summed E-state index contributed by atoms with van der Waals surface area (Å²) in [5.41, 5.74) is 0.804. The number of likely N-dealkylation sites (tertiary alicyclic amines) is 1. The highest BCUT2D eigenvalue weighted by atomic mass is 16.6. The molecule has 2 N–H and O–H groups in total. The van der Waals surface area contributed by atoms with Crippen molar-refractivity contribution in [2.24, 2.45) is 5.92 Å². The fourth-order valence-corrected chi connectivity index (χ4v) is 3.31. The van der Waals surface area contributed by atoms with Gasteiger partial charge in [0.15, 0.2) is 0 Å². The molecule has 154 valence electrons. The molecule has 1 aliphatic heterocycles. The molecular weight excluding hydrogens is 364 g/mol. The van der Waals surface area contributed by atoms with Crippen LogP contribution in [0.1, 0.15) is 32.3 Å². The second kappa shape index (κ2) is 9.54. The van der Waals surface area contributed by atoms with E-state index in [0.29, 0.717) is 6.42 Å². The number of ether oxygens (including phenoxy) is 1. The van der Waals surface area contributed by atoms with Gasteiger partial charge in [0.25, 0.3) is 0 Å². The van der Waals surface area contributed by atoms with E-state index in [-0.39, 0.29) is 25.5 Å². The lowest BCUT2D eigenvalue weighted by Gasteiger charge is -2.31. The molecule has 1 aromatic carbocycles. The number of hydrogen-bond donors (Lipinski definition) is 2. The molecule has 0 aromatic heterocycles. The SMILES string of the molecule is CC(C)C[C@H](C(=O)O)N(C)C(=O)[C@@H]1C[C@@H](O)CN1C(=O)OCc1ccccc1. The Morgan fingerprint density at radius 1 is 1.25 bits per heavy atom. The van der Waals surface area contributed by atoms with Gasteiger partial charge in [0, 0.05) is 13.5 Å². The molecule has 2 rings (SSSR count). The Bertz CT molecular complexity index is 693. The third-order valence-corrected chi connectivity index (χ3v) is 4.80. The summed E-state index contributed by atoms with van der Waals surface area (Å²) in [5, 5.41) is 19.5. The fourth-order valence-electron chi connectivity index (χ4n) is 3.31. The zero-order valence-corrected chi connectivity index (χ0v) is 16.4. The highest BCUT2D eigenvalue weighted by Crippen LogP contribution is 2.23. The predicted molar refractivity (Wildman–Crippen MR) is 101 cm³/mol. The number of carbonyl (C=O) groups excluding carboxylic acids is 2. The van der Waals surface area contributed by atoms with Gasteiger partial charge < -0.3 is 19.8 Å². The number of aliphatic hydroxyl groups is 1. The van der Waals surface area contributed by atoms with Crippen LogP contribution in [0.3, 0.4) is 0 Å². The van der Waals surface area contributed by atoms with E-state index in [9.17, 15) is 24.6 Å². The smallest absolute Gasteiger partial charge is 0.410 e. The summed E-state index contributed by atoms with van der Waals surface area (Å²) >= 11 is 0. The normalized spacial score (nSPS) is 20.1. The highest BCUT2D eigenvalue weighted by Gasteiger charge is 2.43. The summed E-state index contributed by atoms with van der Waals surface area (Å²) in [7, 11) is 1.42. The van der Waals surface area contributed by atoms with Gasteiger partial charge in [-0.3, -0.25) is 9.69 Å². The Morgan fingerprint density at radius 2 is 1.89 bits per heavy atom. The van der Waals surface area contributed by atoms with Crippen molar-refractivity contribution >= 4 is 18.0 Å². The second-order valence-electron chi connectivity index (χ2n) is 7.53. The minimum Gasteiger partial charge on any atom is -0.480 e. The molecule has 8 nitrogen and oxygen atoms in total. The number of likely N-dealkylation sites (N-methyl/N-ethyl adjacent to an activating group) is 1. The van der Waals surface area contributed by atoms with Gasteiger partial charge in [0.1, 0.15) is 18.7 Å². The number of β-amino-alcohol motifs (C(OH)–C–C–N with tert-alkyl or cyclic N) is 1. The Morgan fingerprint density at radius 3 is 2.46 bits per heavy atom. The number of rotatable bonds is 7. The summed E-state index contributed by atoms with van der Waals surface area (Å²) in [6, 6.07) is 7.18. The molecule has 0 saturated carbocycles. The lowest BCUT2D eigenvalue weighted by molar-refractivity contribution is -0.151. The molecule has 1 heterocycles. The number of aliphatic hydroxyl groups excluding tert-OH is 1. The number of benzene rings is 1. The number of hydrogen-bond acceptors (Lipinski definition) is 5. The minimum absolute atomic E-state index is 0.0280. The van der Waals surface area contributed by atoms with Crippen molar-refractivity contribution in [3.63, 3.8) is 0 Å². The van der Waals surface area contributed by atoms with Crippen LogP contribution in [-0.4, -0.2) is 69.8 Å². The first-order valence-electron chi connectivity index (χ1n) is 9.35. The van der Waals surface area contributed by atoms with E-state index >= 15 is 0 Å². The van der Waals surface area contributed by atoms with Gasteiger partial charge in [-0.1, -0.05) is 44.2 Å². The minimum atomic E-state index is -1.10. The van der Waals surface area contributed by atoms with Crippen LogP contribution in [0.15, 0.2) is 30.3 Å². The summed E-state index contributed by atoms with van der Waals surface area (Å²) in [6.45, 7) is 3.77. The zero-order chi connectivity index (χ0) is 20.8. The molecule has 1 aromatic rings. The quantitative estimate of drug-likeness (QED) is 0.732. The average Bonchev–Trinajstić information content (AvgIpc) is 3.05. The molecule has 2 amide bonds. The third-order valence-electron chi connectivity index (χ3n) is 4.80. The maximum atomic E-state index is 12.9. The van der Waals surface area contributed by atoms with E-state index in [2.05, 4.69) is 0 Å². The molecule has 1 aliphatic rings. The van der Waals surface area contributed by atoms with Crippen LogP contribution in [0, 0.1) is 5.92 Å². The van der Waals surface area contributed by atoms with Gasteiger partial charge in [-0.2, -0.15) is 0 Å². The largest absolute Gasteiger partial charge is 0.480 e. The van der Waals surface area contributed by atoms with Gasteiger partial charge in [-0.15, -0.1) is 0 Å². The molecule has 28 heavy (non-hydrogen) atoms. The Balaban J connectivity index is 2.07. The molecule has 3 atom stereocenters. The maximum absolute atomic E-state index is 12.9. The lowest BCUT2D eigenvalue weighted by Crippen LogP contribution is -2.52. The van der Waals surface area contributed by atoms with E-state index < -0.39 is 36.2 Å². The van der Waals surface area contributed by atoms with Crippen LogP contribution in [0.2, 0.25) is 0 Å². The van der Waals surface area contributed by atoms with Crippen LogP contribution in [0.25, 0.3) is 0 Å². The first-order valence-corrected chi connectivity index (χ1v) is 9.35. The molecule has 0 radical (unpaired) electrons. The summed E-state index contributed by atoms with van der Waals surface area (Å²) in [5.74, 6) is -1.53. The molecule has 1 saturated heterocycles.